The molecule has 0 heterocycles. The molecule has 4 heteroatoms. The van der Waals surface area contributed by atoms with Crippen LogP contribution in [0.5, 0.6) is 0 Å². The zero-order valence-corrected chi connectivity index (χ0v) is 10.3. The number of hydrogen-bond acceptors (Lipinski definition) is 3. The van der Waals surface area contributed by atoms with Crippen LogP contribution >= 0.6 is 0 Å². The SMILES string of the molecule is CNC(=O)CCN(CCCN)CC(C)C. The molecule has 0 fully saturated rings. The number of hydrogen-bond donors (Lipinski definition) is 2. The molecular weight excluding hydrogens is 190 g/mol. The minimum Gasteiger partial charge on any atom is -0.359 e. The van der Waals surface area contributed by atoms with Gasteiger partial charge in [0, 0.05) is 26.6 Å². The molecule has 90 valence electrons. The molecule has 15 heavy (non-hydrogen) atoms. The van der Waals surface area contributed by atoms with Crippen LogP contribution in [-0.2, 0) is 4.79 Å². The van der Waals surface area contributed by atoms with Crippen molar-refractivity contribution in [2.24, 2.45) is 11.7 Å². The molecule has 0 rings (SSSR count). The smallest absolute Gasteiger partial charge is 0.221 e. The van der Waals surface area contributed by atoms with Crippen molar-refractivity contribution >= 4 is 5.91 Å². The van der Waals surface area contributed by atoms with Crippen molar-refractivity contribution in [3.8, 4) is 0 Å². The summed E-state index contributed by atoms with van der Waals surface area (Å²) < 4.78 is 0. The van der Waals surface area contributed by atoms with Crippen molar-refractivity contribution in [2.45, 2.75) is 26.7 Å². The maximum atomic E-state index is 11.1. The lowest BCUT2D eigenvalue weighted by Crippen LogP contribution is -2.33. The van der Waals surface area contributed by atoms with Crippen LogP contribution < -0.4 is 11.1 Å². The molecule has 0 spiro atoms. The Hall–Kier alpha value is -0.610. The molecule has 0 aliphatic carbocycles. The van der Waals surface area contributed by atoms with E-state index in [-0.39, 0.29) is 5.91 Å². The predicted octanol–water partition coefficient (Wildman–Crippen LogP) is 0.429. The Labute approximate surface area is 93.2 Å². The van der Waals surface area contributed by atoms with Gasteiger partial charge in [-0.1, -0.05) is 13.8 Å². The highest BCUT2D eigenvalue weighted by molar-refractivity contribution is 5.75. The van der Waals surface area contributed by atoms with E-state index in [4.69, 9.17) is 5.73 Å². The summed E-state index contributed by atoms with van der Waals surface area (Å²) in [6.45, 7) is 7.96. The zero-order chi connectivity index (χ0) is 11.7. The molecule has 0 aromatic heterocycles. The Kier molecular flexibility index (Phi) is 8.33. The number of amides is 1. The molecule has 3 N–H and O–H groups in total. The highest BCUT2D eigenvalue weighted by Crippen LogP contribution is 2.00. The van der Waals surface area contributed by atoms with Gasteiger partial charge in [-0.2, -0.15) is 0 Å². The largest absolute Gasteiger partial charge is 0.359 e. The number of nitrogens with zero attached hydrogens (tertiary/aromatic N) is 1. The van der Waals surface area contributed by atoms with Gasteiger partial charge in [-0.15, -0.1) is 0 Å². The standard InChI is InChI=1S/C11H25N3O/c1-10(2)9-14(7-4-6-12)8-5-11(15)13-3/h10H,4-9,12H2,1-3H3,(H,13,15). The molecule has 0 saturated heterocycles. The summed E-state index contributed by atoms with van der Waals surface area (Å²) >= 11 is 0. The first-order valence-corrected chi connectivity index (χ1v) is 5.73. The second-order valence-corrected chi connectivity index (χ2v) is 4.26. The second-order valence-electron chi connectivity index (χ2n) is 4.26. The first-order valence-electron chi connectivity index (χ1n) is 5.73. The Balaban J connectivity index is 3.83. The van der Waals surface area contributed by atoms with E-state index >= 15 is 0 Å². The Morgan fingerprint density at radius 3 is 2.53 bits per heavy atom. The van der Waals surface area contributed by atoms with Crippen molar-refractivity contribution in [1.82, 2.24) is 10.2 Å². The second kappa shape index (κ2) is 8.68. The lowest BCUT2D eigenvalue weighted by Gasteiger charge is -2.23. The van der Waals surface area contributed by atoms with Gasteiger partial charge in [0.05, 0.1) is 0 Å². The molecule has 0 radical (unpaired) electrons. The Morgan fingerprint density at radius 2 is 2.07 bits per heavy atom. The van der Waals surface area contributed by atoms with Crippen LogP contribution in [0.25, 0.3) is 0 Å². The summed E-state index contributed by atoms with van der Waals surface area (Å²) in [5.41, 5.74) is 5.48. The van der Waals surface area contributed by atoms with Crippen molar-refractivity contribution in [2.75, 3.05) is 33.2 Å². The lowest BCUT2D eigenvalue weighted by atomic mass is 10.2. The van der Waals surface area contributed by atoms with E-state index in [9.17, 15) is 4.79 Å². The van der Waals surface area contributed by atoms with E-state index in [0.717, 1.165) is 26.1 Å². The van der Waals surface area contributed by atoms with Crippen molar-refractivity contribution in [3.63, 3.8) is 0 Å². The third-order valence-electron chi connectivity index (χ3n) is 2.24. The highest BCUT2D eigenvalue weighted by atomic mass is 16.1. The van der Waals surface area contributed by atoms with Crippen LogP contribution in [0.2, 0.25) is 0 Å². The van der Waals surface area contributed by atoms with E-state index in [1.165, 1.54) is 0 Å². The molecule has 0 aromatic carbocycles. The minimum absolute atomic E-state index is 0.108. The Bertz CT molecular complexity index is 171. The number of nitrogens with one attached hydrogen (secondary N) is 1. The number of nitrogens with two attached hydrogens (primary N) is 1. The van der Waals surface area contributed by atoms with Crippen LogP contribution in [0.1, 0.15) is 26.7 Å². The quantitative estimate of drug-likeness (QED) is 0.617. The van der Waals surface area contributed by atoms with Crippen LogP contribution in [0, 0.1) is 5.92 Å². The molecule has 0 bridgehead atoms. The fraction of sp³-hybridized carbons (Fsp3) is 0.909. The van der Waals surface area contributed by atoms with Gasteiger partial charge in [0.1, 0.15) is 0 Å². The fourth-order valence-corrected chi connectivity index (χ4v) is 1.51. The van der Waals surface area contributed by atoms with Gasteiger partial charge in [0.15, 0.2) is 0 Å². The first-order chi connectivity index (χ1) is 7.10. The topological polar surface area (TPSA) is 58.4 Å². The van der Waals surface area contributed by atoms with Crippen LogP contribution in [0.15, 0.2) is 0 Å². The average molecular weight is 215 g/mol. The fourth-order valence-electron chi connectivity index (χ4n) is 1.51. The summed E-state index contributed by atoms with van der Waals surface area (Å²) in [6.07, 6.45) is 1.58. The average Bonchev–Trinajstić information content (AvgIpc) is 2.20. The van der Waals surface area contributed by atoms with Gasteiger partial charge in [-0.05, 0) is 25.4 Å². The first kappa shape index (κ1) is 14.4. The number of rotatable bonds is 8. The third kappa shape index (κ3) is 8.39. The monoisotopic (exact) mass is 215 g/mol. The minimum atomic E-state index is 0.108. The van der Waals surface area contributed by atoms with Gasteiger partial charge in [-0.3, -0.25) is 4.79 Å². The van der Waals surface area contributed by atoms with E-state index in [1.807, 2.05) is 0 Å². The number of carbonyl (C=O) groups is 1. The Morgan fingerprint density at radius 1 is 1.40 bits per heavy atom. The van der Waals surface area contributed by atoms with Crippen LogP contribution in [0.3, 0.4) is 0 Å². The maximum absolute atomic E-state index is 11.1. The summed E-state index contributed by atoms with van der Waals surface area (Å²) in [7, 11) is 1.68. The molecule has 0 aliphatic rings. The predicted molar refractivity (Wildman–Crippen MR) is 63.6 cm³/mol. The van der Waals surface area contributed by atoms with Gasteiger partial charge in [0.25, 0.3) is 0 Å². The van der Waals surface area contributed by atoms with E-state index in [0.29, 0.717) is 18.9 Å². The highest BCUT2D eigenvalue weighted by Gasteiger charge is 2.08. The molecule has 4 nitrogen and oxygen atoms in total. The molecule has 0 unspecified atom stereocenters. The van der Waals surface area contributed by atoms with Crippen LogP contribution in [0.4, 0.5) is 0 Å². The molecule has 0 atom stereocenters. The van der Waals surface area contributed by atoms with Gasteiger partial charge in [0.2, 0.25) is 5.91 Å². The maximum Gasteiger partial charge on any atom is 0.221 e. The molecular formula is C11H25N3O. The molecule has 0 aromatic rings. The zero-order valence-electron chi connectivity index (χ0n) is 10.3. The summed E-state index contributed by atoms with van der Waals surface area (Å²) in [5, 5.41) is 2.64. The summed E-state index contributed by atoms with van der Waals surface area (Å²) in [6, 6.07) is 0. The third-order valence-corrected chi connectivity index (χ3v) is 2.24. The molecule has 1 amide bonds. The van der Waals surface area contributed by atoms with Crippen molar-refractivity contribution in [1.29, 1.82) is 0 Å². The molecule has 0 saturated carbocycles. The van der Waals surface area contributed by atoms with Crippen molar-refractivity contribution < 1.29 is 4.79 Å². The number of carbonyl (C=O) groups excluding carboxylic acids is 1. The molecule has 0 aliphatic heterocycles. The van der Waals surface area contributed by atoms with Gasteiger partial charge in [-0.25, -0.2) is 0 Å². The van der Waals surface area contributed by atoms with Crippen molar-refractivity contribution in [3.05, 3.63) is 0 Å². The summed E-state index contributed by atoms with van der Waals surface area (Å²) in [5.74, 6) is 0.740. The van der Waals surface area contributed by atoms with E-state index in [2.05, 4.69) is 24.1 Å². The van der Waals surface area contributed by atoms with E-state index in [1.54, 1.807) is 7.05 Å². The summed E-state index contributed by atoms with van der Waals surface area (Å²) in [4.78, 5) is 13.4. The van der Waals surface area contributed by atoms with Gasteiger partial charge < -0.3 is 16.0 Å². The van der Waals surface area contributed by atoms with Crippen LogP contribution in [-0.4, -0.2) is 44.0 Å². The lowest BCUT2D eigenvalue weighted by molar-refractivity contribution is -0.120. The van der Waals surface area contributed by atoms with Gasteiger partial charge >= 0.3 is 0 Å². The normalized spacial score (nSPS) is 11.1. The van der Waals surface area contributed by atoms with E-state index < -0.39 is 0 Å².